The van der Waals surface area contributed by atoms with E-state index in [4.69, 9.17) is 10.2 Å². The van der Waals surface area contributed by atoms with Crippen LogP contribution in [0.5, 0.6) is 0 Å². The Morgan fingerprint density at radius 1 is 1.53 bits per heavy atom. The fraction of sp³-hybridized carbons (Fsp3) is 0.667. The molecule has 1 atom stereocenters. The summed E-state index contributed by atoms with van der Waals surface area (Å²) in [5.74, 6) is 1.86. The zero-order valence-electron chi connectivity index (χ0n) is 9.36. The quantitative estimate of drug-likeness (QED) is 0.826. The predicted octanol–water partition coefficient (Wildman–Crippen LogP) is 2.01. The van der Waals surface area contributed by atoms with Crippen LogP contribution in [0.1, 0.15) is 31.6 Å². The van der Waals surface area contributed by atoms with E-state index in [9.17, 15) is 0 Å². The monoisotopic (exact) mass is 208 g/mol. The molecule has 0 radical (unpaired) electrons. The van der Waals surface area contributed by atoms with Gasteiger partial charge in [-0.2, -0.15) is 0 Å². The van der Waals surface area contributed by atoms with Gasteiger partial charge in [-0.05, 0) is 44.0 Å². The van der Waals surface area contributed by atoms with E-state index in [-0.39, 0.29) is 6.04 Å². The van der Waals surface area contributed by atoms with Crippen LogP contribution in [-0.4, -0.2) is 24.5 Å². The van der Waals surface area contributed by atoms with Crippen molar-refractivity contribution in [2.45, 2.75) is 25.8 Å². The van der Waals surface area contributed by atoms with Gasteiger partial charge in [0.2, 0.25) is 0 Å². The predicted molar refractivity (Wildman–Crippen MR) is 60.5 cm³/mol. The van der Waals surface area contributed by atoms with E-state index in [1.807, 2.05) is 12.1 Å². The number of nitrogens with zero attached hydrogens (tertiary/aromatic N) is 1. The summed E-state index contributed by atoms with van der Waals surface area (Å²) >= 11 is 0. The lowest BCUT2D eigenvalue weighted by Gasteiger charge is -2.35. The number of rotatable bonds is 3. The van der Waals surface area contributed by atoms with Gasteiger partial charge in [0.25, 0.3) is 0 Å². The second kappa shape index (κ2) is 4.81. The first-order chi connectivity index (χ1) is 7.31. The number of nitrogens with two attached hydrogens (primary N) is 1. The van der Waals surface area contributed by atoms with Crippen molar-refractivity contribution >= 4 is 0 Å². The molecular formula is C12H20N2O. The van der Waals surface area contributed by atoms with E-state index in [0.29, 0.717) is 6.54 Å². The van der Waals surface area contributed by atoms with E-state index >= 15 is 0 Å². The SMILES string of the molecule is CC1CCN([C@@H](CN)c2ccco2)CC1. The highest BCUT2D eigenvalue weighted by Gasteiger charge is 2.24. The van der Waals surface area contributed by atoms with Crippen molar-refractivity contribution in [3.63, 3.8) is 0 Å². The summed E-state index contributed by atoms with van der Waals surface area (Å²) in [7, 11) is 0. The van der Waals surface area contributed by atoms with E-state index in [1.165, 1.54) is 12.8 Å². The number of piperidine rings is 1. The fourth-order valence-corrected chi connectivity index (χ4v) is 2.27. The van der Waals surface area contributed by atoms with Crippen LogP contribution in [0.2, 0.25) is 0 Å². The minimum Gasteiger partial charge on any atom is -0.468 e. The zero-order chi connectivity index (χ0) is 10.7. The third kappa shape index (κ3) is 2.41. The molecule has 1 aliphatic rings. The summed E-state index contributed by atoms with van der Waals surface area (Å²) < 4.78 is 5.44. The molecule has 0 bridgehead atoms. The highest BCUT2D eigenvalue weighted by molar-refractivity contribution is 5.05. The zero-order valence-corrected chi connectivity index (χ0v) is 9.36. The molecule has 1 saturated heterocycles. The van der Waals surface area contributed by atoms with Crippen LogP contribution in [0.25, 0.3) is 0 Å². The van der Waals surface area contributed by atoms with Crippen molar-refractivity contribution in [3.8, 4) is 0 Å². The van der Waals surface area contributed by atoms with Crippen molar-refractivity contribution in [2.75, 3.05) is 19.6 Å². The molecule has 2 heterocycles. The summed E-state index contributed by atoms with van der Waals surface area (Å²) in [6, 6.07) is 4.23. The molecular weight excluding hydrogens is 188 g/mol. The highest BCUT2D eigenvalue weighted by atomic mass is 16.3. The van der Waals surface area contributed by atoms with Gasteiger partial charge in [0, 0.05) is 6.54 Å². The Kier molecular flexibility index (Phi) is 3.44. The number of likely N-dealkylation sites (tertiary alicyclic amines) is 1. The first kappa shape index (κ1) is 10.7. The Bertz CT molecular complexity index is 276. The highest BCUT2D eigenvalue weighted by Crippen LogP contribution is 2.26. The number of furan rings is 1. The van der Waals surface area contributed by atoms with Crippen molar-refractivity contribution in [1.29, 1.82) is 0 Å². The van der Waals surface area contributed by atoms with Gasteiger partial charge in [-0.25, -0.2) is 0 Å². The van der Waals surface area contributed by atoms with E-state index in [0.717, 1.165) is 24.8 Å². The van der Waals surface area contributed by atoms with Gasteiger partial charge in [0.1, 0.15) is 5.76 Å². The molecule has 1 aromatic rings. The van der Waals surface area contributed by atoms with E-state index in [2.05, 4.69) is 11.8 Å². The molecule has 0 amide bonds. The lowest BCUT2D eigenvalue weighted by atomic mass is 9.97. The van der Waals surface area contributed by atoms with E-state index < -0.39 is 0 Å². The van der Waals surface area contributed by atoms with Gasteiger partial charge in [0.15, 0.2) is 0 Å². The molecule has 84 valence electrons. The van der Waals surface area contributed by atoms with Crippen molar-refractivity contribution in [1.82, 2.24) is 4.90 Å². The Morgan fingerprint density at radius 2 is 2.27 bits per heavy atom. The molecule has 0 aliphatic carbocycles. The van der Waals surface area contributed by atoms with Gasteiger partial charge in [-0.1, -0.05) is 6.92 Å². The molecule has 15 heavy (non-hydrogen) atoms. The Labute approximate surface area is 91.2 Å². The third-order valence-electron chi connectivity index (χ3n) is 3.35. The van der Waals surface area contributed by atoms with Crippen LogP contribution in [0.3, 0.4) is 0 Å². The molecule has 0 unspecified atom stereocenters. The van der Waals surface area contributed by atoms with Crippen LogP contribution in [0.4, 0.5) is 0 Å². The van der Waals surface area contributed by atoms with Gasteiger partial charge in [-0.15, -0.1) is 0 Å². The van der Waals surface area contributed by atoms with Crippen LogP contribution in [-0.2, 0) is 0 Å². The van der Waals surface area contributed by atoms with Crippen LogP contribution >= 0.6 is 0 Å². The molecule has 2 N–H and O–H groups in total. The molecule has 0 saturated carbocycles. The molecule has 0 aromatic carbocycles. The second-order valence-electron chi connectivity index (χ2n) is 4.49. The van der Waals surface area contributed by atoms with Gasteiger partial charge < -0.3 is 10.2 Å². The Hall–Kier alpha value is -0.800. The summed E-state index contributed by atoms with van der Waals surface area (Å²) in [5.41, 5.74) is 5.83. The Morgan fingerprint density at radius 3 is 2.80 bits per heavy atom. The Balaban J connectivity index is 2.01. The average molecular weight is 208 g/mol. The number of hydrogen-bond acceptors (Lipinski definition) is 3. The summed E-state index contributed by atoms with van der Waals surface area (Å²) in [4.78, 5) is 2.44. The fourth-order valence-electron chi connectivity index (χ4n) is 2.27. The maximum absolute atomic E-state index is 5.83. The van der Waals surface area contributed by atoms with Gasteiger partial charge in [0.05, 0.1) is 12.3 Å². The summed E-state index contributed by atoms with van der Waals surface area (Å²) in [6.07, 6.45) is 4.28. The van der Waals surface area contributed by atoms with Crippen LogP contribution < -0.4 is 5.73 Å². The molecule has 1 fully saturated rings. The minimum absolute atomic E-state index is 0.271. The topological polar surface area (TPSA) is 42.4 Å². The van der Waals surface area contributed by atoms with Crippen LogP contribution in [0, 0.1) is 5.92 Å². The largest absolute Gasteiger partial charge is 0.468 e. The molecule has 1 aliphatic heterocycles. The molecule has 0 spiro atoms. The average Bonchev–Trinajstić information content (AvgIpc) is 2.75. The third-order valence-corrected chi connectivity index (χ3v) is 3.35. The summed E-state index contributed by atoms with van der Waals surface area (Å²) in [5, 5.41) is 0. The maximum Gasteiger partial charge on any atom is 0.122 e. The smallest absolute Gasteiger partial charge is 0.122 e. The first-order valence-corrected chi connectivity index (χ1v) is 5.78. The van der Waals surface area contributed by atoms with Gasteiger partial charge in [-0.3, -0.25) is 4.90 Å². The second-order valence-corrected chi connectivity index (χ2v) is 4.49. The lowest BCUT2D eigenvalue weighted by Crippen LogP contribution is -2.39. The standard InChI is InChI=1S/C12H20N2O/c1-10-4-6-14(7-5-10)11(9-13)12-3-2-8-15-12/h2-3,8,10-11H,4-7,9,13H2,1H3/t11-/m0/s1. The van der Waals surface area contributed by atoms with Crippen molar-refractivity contribution in [2.24, 2.45) is 11.7 Å². The molecule has 3 heteroatoms. The maximum atomic E-state index is 5.83. The first-order valence-electron chi connectivity index (χ1n) is 5.78. The molecule has 3 nitrogen and oxygen atoms in total. The normalized spacial score (nSPS) is 21.7. The van der Waals surface area contributed by atoms with E-state index in [1.54, 1.807) is 6.26 Å². The summed E-state index contributed by atoms with van der Waals surface area (Å²) in [6.45, 7) is 5.25. The minimum atomic E-state index is 0.271. The molecule has 1 aromatic heterocycles. The van der Waals surface area contributed by atoms with Crippen molar-refractivity contribution < 1.29 is 4.42 Å². The van der Waals surface area contributed by atoms with Crippen molar-refractivity contribution in [3.05, 3.63) is 24.2 Å². The van der Waals surface area contributed by atoms with Gasteiger partial charge >= 0.3 is 0 Å². The van der Waals surface area contributed by atoms with Crippen LogP contribution in [0.15, 0.2) is 22.8 Å². The lowest BCUT2D eigenvalue weighted by molar-refractivity contribution is 0.127. The molecule has 2 rings (SSSR count). The number of hydrogen-bond donors (Lipinski definition) is 1.